The van der Waals surface area contributed by atoms with Crippen molar-refractivity contribution in [2.24, 2.45) is 5.92 Å². The van der Waals surface area contributed by atoms with Crippen molar-refractivity contribution in [3.05, 3.63) is 34.6 Å². The lowest BCUT2D eigenvalue weighted by atomic mass is 9.95. The lowest BCUT2D eigenvalue weighted by Crippen LogP contribution is -2.45. The van der Waals surface area contributed by atoms with Gasteiger partial charge in [-0.3, -0.25) is 4.79 Å². The number of rotatable bonds is 1. The number of benzene rings is 1. The summed E-state index contributed by atoms with van der Waals surface area (Å²) in [6, 6.07) is 4.17. The Labute approximate surface area is 110 Å². The topological polar surface area (TPSA) is 40.5 Å². The summed E-state index contributed by atoms with van der Waals surface area (Å²) >= 11 is 5.79. The smallest absolute Gasteiger partial charge is 0.255 e. The first kappa shape index (κ1) is 13.3. The summed E-state index contributed by atoms with van der Waals surface area (Å²) in [4.78, 5) is 13.7. The molecule has 1 aliphatic rings. The van der Waals surface area contributed by atoms with Gasteiger partial charge in [0.1, 0.15) is 5.82 Å². The zero-order chi connectivity index (χ0) is 13.3. The second kappa shape index (κ2) is 5.24. The number of aliphatic hydroxyl groups excluding tert-OH is 1. The number of β-amino-alcohol motifs (C(OH)–C–C–N with tert-alkyl or cyclic N) is 1. The van der Waals surface area contributed by atoms with Crippen molar-refractivity contribution in [2.75, 3.05) is 13.1 Å². The van der Waals surface area contributed by atoms with Crippen molar-refractivity contribution < 1.29 is 14.3 Å². The molecule has 5 heteroatoms. The number of hydrogen-bond acceptors (Lipinski definition) is 2. The van der Waals surface area contributed by atoms with Gasteiger partial charge in [-0.1, -0.05) is 24.6 Å². The Balaban J connectivity index is 2.19. The van der Waals surface area contributed by atoms with Crippen LogP contribution in [0.15, 0.2) is 18.2 Å². The highest BCUT2D eigenvalue weighted by atomic mass is 35.5. The number of aliphatic hydroxyl groups is 1. The van der Waals surface area contributed by atoms with Gasteiger partial charge in [-0.2, -0.15) is 0 Å². The van der Waals surface area contributed by atoms with Crippen LogP contribution in [0, 0.1) is 11.7 Å². The molecule has 0 aliphatic carbocycles. The van der Waals surface area contributed by atoms with E-state index >= 15 is 0 Å². The normalized spacial score (nSPS) is 24.1. The Bertz CT molecular complexity index is 466. The maximum atomic E-state index is 13.3. The van der Waals surface area contributed by atoms with Gasteiger partial charge in [-0.15, -0.1) is 0 Å². The van der Waals surface area contributed by atoms with Crippen molar-refractivity contribution in [1.82, 2.24) is 4.90 Å². The van der Waals surface area contributed by atoms with E-state index in [0.717, 1.165) is 6.42 Å². The summed E-state index contributed by atoms with van der Waals surface area (Å²) in [5.41, 5.74) is 0.151. The first-order valence-electron chi connectivity index (χ1n) is 5.92. The maximum Gasteiger partial charge on any atom is 0.255 e. The molecule has 0 aromatic heterocycles. The standard InChI is InChI=1S/C13H15ClFNO2/c1-8-5-6-16(7-11(8)17)13(18)9-3-2-4-10(15)12(9)14/h2-4,8,11,17H,5-7H2,1H3. The number of amides is 1. The largest absolute Gasteiger partial charge is 0.391 e. The number of likely N-dealkylation sites (tertiary alicyclic amines) is 1. The first-order chi connectivity index (χ1) is 8.50. The van der Waals surface area contributed by atoms with Gasteiger partial charge < -0.3 is 10.0 Å². The van der Waals surface area contributed by atoms with Crippen LogP contribution in [0.25, 0.3) is 0 Å². The molecule has 1 aromatic rings. The summed E-state index contributed by atoms with van der Waals surface area (Å²) in [5.74, 6) is -0.754. The van der Waals surface area contributed by atoms with E-state index in [0.29, 0.717) is 6.54 Å². The third-order valence-corrected chi connectivity index (χ3v) is 3.77. The van der Waals surface area contributed by atoms with Crippen LogP contribution in [0.4, 0.5) is 4.39 Å². The van der Waals surface area contributed by atoms with Gasteiger partial charge in [0.25, 0.3) is 5.91 Å². The molecule has 18 heavy (non-hydrogen) atoms. The number of halogens is 2. The molecule has 1 N–H and O–H groups in total. The second-order valence-electron chi connectivity index (χ2n) is 4.69. The van der Waals surface area contributed by atoms with Crippen LogP contribution in [-0.4, -0.2) is 35.1 Å². The highest BCUT2D eigenvalue weighted by Crippen LogP contribution is 2.24. The van der Waals surface area contributed by atoms with Crippen LogP contribution in [0.1, 0.15) is 23.7 Å². The van der Waals surface area contributed by atoms with E-state index in [9.17, 15) is 14.3 Å². The van der Waals surface area contributed by atoms with Gasteiger partial charge in [0.15, 0.2) is 0 Å². The number of carbonyl (C=O) groups is 1. The number of nitrogens with zero attached hydrogens (tertiary/aromatic N) is 1. The third-order valence-electron chi connectivity index (χ3n) is 3.39. The SMILES string of the molecule is CC1CCN(C(=O)c2cccc(F)c2Cl)CC1O. The molecule has 2 rings (SSSR count). The van der Waals surface area contributed by atoms with Gasteiger partial charge in [-0.25, -0.2) is 4.39 Å². The monoisotopic (exact) mass is 271 g/mol. The fourth-order valence-corrected chi connectivity index (χ4v) is 2.28. The van der Waals surface area contributed by atoms with E-state index in [1.54, 1.807) is 0 Å². The average Bonchev–Trinajstić information content (AvgIpc) is 2.35. The number of hydrogen-bond donors (Lipinski definition) is 1. The molecule has 0 radical (unpaired) electrons. The van der Waals surface area contributed by atoms with Crippen molar-refractivity contribution in [2.45, 2.75) is 19.4 Å². The van der Waals surface area contributed by atoms with Gasteiger partial charge >= 0.3 is 0 Å². The molecule has 1 fully saturated rings. The van der Waals surface area contributed by atoms with E-state index in [1.807, 2.05) is 6.92 Å². The van der Waals surface area contributed by atoms with Crippen LogP contribution in [-0.2, 0) is 0 Å². The minimum atomic E-state index is -0.603. The summed E-state index contributed by atoms with van der Waals surface area (Å²) in [7, 11) is 0. The zero-order valence-electron chi connectivity index (χ0n) is 10.1. The lowest BCUT2D eigenvalue weighted by Gasteiger charge is -2.34. The molecule has 0 bridgehead atoms. The van der Waals surface area contributed by atoms with Gasteiger partial charge in [0.05, 0.1) is 16.7 Å². The molecule has 1 aromatic carbocycles. The maximum absolute atomic E-state index is 13.3. The number of piperidine rings is 1. The van der Waals surface area contributed by atoms with Crippen molar-refractivity contribution in [3.63, 3.8) is 0 Å². The molecule has 1 amide bonds. The fourth-order valence-electron chi connectivity index (χ4n) is 2.07. The fraction of sp³-hybridized carbons (Fsp3) is 0.462. The Kier molecular flexibility index (Phi) is 3.88. The Hall–Kier alpha value is -1.13. The number of carbonyl (C=O) groups excluding carboxylic acids is 1. The molecule has 0 saturated carbocycles. The molecule has 98 valence electrons. The Morgan fingerprint density at radius 1 is 1.56 bits per heavy atom. The summed E-state index contributed by atoms with van der Waals surface area (Å²) in [6.07, 6.45) is 0.204. The highest BCUT2D eigenvalue weighted by Gasteiger charge is 2.29. The van der Waals surface area contributed by atoms with Crippen LogP contribution in [0.2, 0.25) is 5.02 Å². The van der Waals surface area contributed by atoms with E-state index in [1.165, 1.54) is 23.1 Å². The van der Waals surface area contributed by atoms with Crippen molar-refractivity contribution in [1.29, 1.82) is 0 Å². The summed E-state index contributed by atoms with van der Waals surface area (Å²) in [5, 5.41) is 9.61. The molecule has 2 atom stereocenters. The van der Waals surface area contributed by atoms with E-state index in [4.69, 9.17) is 11.6 Å². The van der Waals surface area contributed by atoms with E-state index in [-0.39, 0.29) is 29.0 Å². The summed E-state index contributed by atoms with van der Waals surface area (Å²) in [6.45, 7) is 2.78. The third kappa shape index (κ3) is 2.49. The van der Waals surface area contributed by atoms with Crippen LogP contribution in [0.3, 0.4) is 0 Å². The van der Waals surface area contributed by atoms with Gasteiger partial charge in [0.2, 0.25) is 0 Å². The molecule has 0 spiro atoms. The van der Waals surface area contributed by atoms with Gasteiger partial charge in [-0.05, 0) is 24.5 Å². The van der Waals surface area contributed by atoms with E-state index in [2.05, 4.69) is 0 Å². The first-order valence-corrected chi connectivity index (χ1v) is 6.30. The lowest BCUT2D eigenvalue weighted by molar-refractivity contribution is 0.0248. The quantitative estimate of drug-likeness (QED) is 0.852. The van der Waals surface area contributed by atoms with Crippen LogP contribution >= 0.6 is 11.6 Å². The predicted octanol–water partition coefficient (Wildman–Crippen LogP) is 2.32. The van der Waals surface area contributed by atoms with Crippen molar-refractivity contribution in [3.8, 4) is 0 Å². The molecule has 1 heterocycles. The van der Waals surface area contributed by atoms with Crippen molar-refractivity contribution >= 4 is 17.5 Å². The van der Waals surface area contributed by atoms with Crippen LogP contribution < -0.4 is 0 Å². The molecular weight excluding hydrogens is 257 g/mol. The minimum Gasteiger partial charge on any atom is -0.391 e. The summed E-state index contributed by atoms with van der Waals surface area (Å²) < 4.78 is 13.3. The molecule has 1 saturated heterocycles. The predicted molar refractivity (Wildman–Crippen MR) is 67.1 cm³/mol. The average molecular weight is 272 g/mol. The second-order valence-corrected chi connectivity index (χ2v) is 5.06. The molecule has 3 nitrogen and oxygen atoms in total. The molecule has 1 aliphatic heterocycles. The Morgan fingerprint density at radius 3 is 2.94 bits per heavy atom. The molecule has 2 unspecified atom stereocenters. The van der Waals surface area contributed by atoms with Gasteiger partial charge in [0, 0.05) is 13.1 Å². The zero-order valence-corrected chi connectivity index (χ0v) is 10.8. The molecular formula is C13H15ClFNO2. The Morgan fingerprint density at radius 2 is 2.28 bits per heavy atom. The van der Waals surface area contributed by atoms with E-state index < -0.39 is 11.9 Å². The highest BCUT2D eigenvalue weighted by molar-refractivity contribution is 6.34. The minimum absolute atomic E-state index is 0.151. The van der Waals surface area contributed by atoms with Crippen LogP contribution in [0.5, 0.6) is 0 Å².